The molecule has 1 heterocycles. The Hall–Kier alpha value is -7.26. The Kier molecular flexibility index (Phi) is 10.8. The van der Waals surface area contributed by atoms with Gasteiger partial charge in [0.15, 0.2) is 17.5 Å². The zero-order valence-electron chi connectivity index (χ0n) is 37.4. The van der Waals surface area contributed by atoms with Crippen LogP contribution in [0, 0.1) is 0 Å². The van der Waals surface area contributed by atoms with Crippen LogP contribution in [-0.4, -0.2) is 28.3 Å². The summed E-state index contributed by atoms with van der Waals surface area (Å²) in [4.78, 5) is 15.4. The summed E-state index contributed by atoms with van der Waals surface area (Å²) < 4.78 is 13.8. The summed E-state index contributed by atoms with van der Waals surface area (Å²) in [5.41, 5.74) is 12.4. The van der Waals surface area contributed by atoms with Crippen molar-refractivity contribution < 1.29 is 4.57 Å². The second-order valence-corrected chi connectivity index (χ2v) is 21.3. The molecular formula is C61H50N3OP. The molecule has 1 aliphatic carbocycles. The number of hydrogen-bond acceptors (Lipinski definition) is 4. The van der Waals surface area contributed by atoms with Crippen LogP contribution in [0.25, 0.3) is 89.1 Å². The van der Waals surface area contributed by atoms with Gasteiger partial charge in [0.05, 0.1) is 0 Å². The third-order valence-corrected chi connectivity index (χ3v) is 15.3. The maximum atomic E-state index is 13.8. The van der Waals surface area contributed by atoms with Gasteiger partial charge in [-0.3, -0.25) is 0 Å². The summed E-state index contributed by atoms with van der Waals surface area (Å²) in [5, 5.41) is 5.41. The van der Waals surface area contributed by atoms with E-state index in [2.05, 4.69) is 194 Å². The summed E-state index contributed by atoms with van der Waals surface area (Å²) >= 11 is 0. The van der Waals surface area contributed by atoms with Crippen molar-refractivity contribution in [1.29, 1.82) is 0 Å². The van der Waals surface area contributed by atoms with E-state index in [1.54, 1.807) is 0 Å². The molecule has 5 heteroatoms. The molecule has 4 nitrogen and oxygen atoms in total. The van der Waals surface area contributed by atoms with Gasteiger partial charge in [0.25, 0.3) is 0 Å². The molecular weight excluding hydrogens is 822 g/mol. The third kappa shape index (κ3) is 7.76. The van der Waals surface area contributed by atoms with Crippen molar-refractivity contribution in [2.75, 3.05) is 13.3 Å². The van der Waals surface area contributed by atoms with Gasteiger partial charge < -0.3 is 4.57 Å². The molecule has 0 unspecified atom stereocenters. The van der Waals surface area contributed by atoms with Gasteiger partial charge in [0.2, 0.25) is 0 Å². The molecule has 0 bridgehead atoms. The molecule has 0 N–H and O–H groups in total. The summed E-state index contributed by atoms with van der Waals surface area (Å²) in [6, 6.07) is 73.3. The van der Waals surface area contributed by atoms with Gasteiger partial charge in [-0.25, -0.2) is 15.0 Å². The lowest BCUT2D eigenvalue weighted by Gasteiger charge is -2.39. The van der Waals surface area contributed by atoms with E-state index in [0.717, 1.165) is 67.5 Å². The minimum Gasteiger partial charge on any atom is -0.319 e. The lowest BCUT2D eigenvalue weighted by atomic mass is 9.65. The van der Waals surface area contributed by atoms with E-state index in [1.165, 1.54) is 52.6 Å². The maximum absolute atomic E-state index is 13.8. The molecule has 1 saturated carbocycles. The minimum atomic E-state index is -2.58. The van der Waals surface area contributed by atoms with E-state index in [0.29, 0.717) is 17.5 Å². The van der Waals surface area contributed by atoms with Crippen LogP contribution < -0.4 is 5.30 Å². The molecule has 320 valence electrons. The Bertz CT molecular complexity index is 3230. The second kappa shape index (κ2) is 17.3. The van der Waals surface area contributed by atoms with Crippen molar-refractivity contribution in [3.8, 4) is 67.5 Å². The first-order valence-corrected chi connectivity index (χ1v) is 25.7. The highest BCUT2D eigenvalue weighted by Gasteiger charge is 2.36. The molecule has 10 aromatic rings. The molecule has 0 aliphatic heterocycles. The van der Waals surface area contributed by atoms with E-state index in [9.17, 15) is 4.57 Å². The van der Waals surface area contributed by atoms with E-state index in [1.807, 2.05) is 25.5 Å². The van der Waals surface area contributed by atoms with Gasteiger partial charge in [-0.2, -0.15) is 0 Å². The molecule has 0 spiro atoms. The maximum Gasteiger partial charge on any atom is 0.164 e. The molecule has 0 saturated heterocycles. The van der Waals surface area contributed by atoms with Gasteiger partial charge >= 0.3 is 0 Å². The second-order valence-electron chi connectivity index (χ2n) is 18.2. The van der Waals surface area contributed by atoms with Crippen molar-refractivity contribution in [2.24, 2.45) is 0 Å². The molecule has 66 heavy (non-hydrogen) atoms. The quantitative estimate of drug-likeness (QED) is 0.107. The SMILES string of the molecule is CP(C)(=O)c1c2ccccc2c(-c2ccc(C3(c4ccc(-c5nc(-c6ccc(-c7ccccc7)cc6)nc(-c6ccc(-c7ccccc7)cc6)n5)cc4)CCCCC3)cc2)c2ccccc12. The van der Waals surface area contributed by atoms with E-state index in [4.69, 9.17) is 15.0 Å². The molecule has 1 aromatic heterocycles. The first-order valence-electron chi connectivity index (χ1n) is 23.1. The van der Waals surface area contributed by atoms with Crippen LogP contribution in [0.4, 0.5) is 0 Å². The Morgan fingerprint density at radius 2 is 0.667 bits per heavy atom. The molecule has 1 fully saturated rings. The summed E-state index contributed by atoms with van der Waals surface area (Å²) in [7, 11) is -2.58. The highest BCUT2D eigenvalue weighted by molar-refractivity contribution is 7.71. The molecule has 9 aromatic carbocycles. The monoisotopic (exact) mass is 871 g/mol. The zero-order chi connectivity index (χ0) is 44.7. The number of benzene rings is 9. The molecule has 11 rings (SSSR count). The van der Waals surface area contributed by atoms with Gasteiger partial charge in [-0.1, -0.05) is 226 Å². The average molecular weight is 872 g/mol. The fourth-order valence-electron chi connectivity index (χ4n) is 10.4. The number of hydrogen-bond donors (Lipinski definition) is 0. The van der Waals surface area contributed by atoms with Crippen LogP contribution in [0.15, 0.2) is 206 Å². The van der Waals surface area contributed by atoms with Crippen LogP contribution in [0.2, 0.25) is 0 Å². The van der Waals surface area contributed by atoms with Crippen molar-refractivity contribution in [1.82, 2.24) is 15.0 Å². The first-order chi connectivity index (χ1) is 32.3. The summed E-state index contributed by atoms with van der Waals surface area (Å²) in [6.45, 7) is 3.78. The molecule has 0 radical (unpaired) electrons. The minimum absolute atomic E-state index is 0.114. The third-order valence-electron chi connectivity index (χ3n) is 13.7. The van der Waals surface area contributed by atoms with Gasteiger partial charge in [0, 0.05) is 27.4 Å². The summed E-state index contributed by atoms with van der Waals surface area (Å²) in [6.07, 6.45) is 5.79. The molecule has 1 aliphatic rings. The Balaban J connectivity index is 0.967. The first kappa shape index (κ1) is 41.4. The van der Waals surface area contributed by atoms with Gasteiger partial charge in [-0.05, 0) is 92.2 Å². The zero-order valence-corrected chi connectivity index (χ0v) is 38.3. The van der Waals surface area contributed by atoms with Gasteiger partial charge in [0.1, 0.15) is 7.14 Å². The average Bonchev–Trinajstić information content (AvgIpc) is 3.38. The van der Waals surface area contributed by atoms with Crippen LogP contribution in [0.1, 0.15) is 43.2 Å². The number of fused-ring (bicyclic) bond motifs is 2. The van der Waals surface area contributed by atoms with Crippen LogP contribution >= 0.6 is 7.14 Å². The van der Waals surface area contributed by atoms with E-state index in [-0.39, 0.29) is 5.41 Å². The van der Waals surface area contributed by atoms with Crippen LogP contribution in [0.3, 0.4) is 0 Å². The van der Waals surface area contributed by atoms with Crippen molar-refractivity contribution in [3.63, 3.8) is 0 Å². The number of aromatic nitrogens is 3. The standard InChI is InChI=1S/C61H50N3OP/c1-66(2,65)57-54-22-12-10-20-52(54)56(53-21-11-13-23-55(53)57)46-32-36-50(37-33-46)61(40-14-5-15-41-61)51-38-34-49(35-39-51)60-63-58(47-28-24-44(25-29-47)42-16-6-3-7-17-42)62-59(64-60)48-30-26-45(27-31-48)43-18-8-4-9-19-43/h3-4,6-13,16-39H,5,14-15,40-41H2,1-2H3. The Morgan fingerprint density at radius 1 is 0.348 bits per heavy atom. The molecule has 0 atom stereocenters. The van der Waals surface area contributed by atoms with Crippen LogP contribution in [-0.2, 0) is 9.98 Å². The largest absolute Gasteiger partial charge is 0.319 e. The van der Waals surface area contributed by atoms with Crippen LogP contribution in [0.5, 0.6) is 0 Å². The van der Waals surface area contributed by atoms with E-state index >= 15 is 0 Å². The Labute approximate surface area is 387 Å². The highest BCUT2D eigenvalue weighted by Crippen LogP contribution is 2.48. The highest BCUT2D eigenvalue weighted by atomic mass is 31.2. The fraction of sp³-hybridized carbons (Fsp3) is 0.131. The Morgan fingerprint density at radius 3 is 1.06 bits per heavy atom. The van der Waals surface area contributed by atoms with E-state index < -0.39 is 7.14 Å². The normalized spacial score (nSPS) is 13.8. The predicted molar refractivity (Wildman–Crippen MR) is 277 cm³/mol. The predicted octanol–water partition coefficient (Wildman–Crippen LogP) is 15.7. The summed E-state index contributed by atoms with van der Waals surface area (Å²) in [5.74, 6) is 1.93. The smallest absolute Gasteiger partial charge is 0.164 e. The lowest BCUT2D eigenvalue weighted by molar-refractivity contribution is 0.346. The number of rotatable bonds is 9. The van der Waals surface area contributed by atoms with Gasteiger partial charge in [-0.15, -0.1) is 0 Å². The van der Waals surface area contributed by atoms with Crippen molar-refractivity contribution in [3.05, 3.63) is 217 Å². The number of nitrogens with zero attached hydrogens (tertiary/aromatic N) is 3. The van der Waals surface area contributed by atoms with Crippen molar-refractivity contribution >= 4 is 34.0 Å². The topological polar surface area (TPSA) is 55.7 Å². The molecule has 0 amide bonds. The van der Waals surface area contributed by atoms with Crippen molar-refractivity contribution in [2.45, 2.75) is 37.5 Å². The fourth-order valence-corrected chi connectivity index (χ4v) is 12.0. The lowest BCUT2D eigenvalue weighted by Crippen LogP contribution is -2.30.